The fourth-order valence-electron chi connectivity index (χ4n) is 3.13. The van der Waals surface area contributed by atoms with Crippen LogP contribution in [0.5, 0.6) is 0 Å². The van der Waals surface area contributed by atoms with Crippen molar-refractivity contribution < 1.29 is 23.9 Å². The average molecular weight is 424 g/mol. The third-order valence-corrected chi connectivity index (χ3v) is 4.83. The largest absolute Gasteiger partial charge is 0.467 e. The number of allylic oxidation sites excluding steroid dienone is 1. The lowest BCUT2D eigenvalue weighted by atomic mass is 9.93. The minimum Gasteiger partial charge on any atom is -0.467 e. The van der Waals surface area contributed by atoms with Gasteiger partial charge in [-0.3, -0.25) is 9.59 Å². The van der Waals surface area contributed by atoms with E-state index in [4.69, 9.17) is 9.47 Å². The summed E-state index contributed by atoms with van der Waals surface area (Å²) in [7, 11) is 1.22. The summed E-state index contributed by atoms with van der Waals surface area (Å²) in [6.07, 6.45) is 3.21. The van der Waals surface area contributed by atoms with Gasteiger partial charge >= 0.3 is 11.9 Å². The van der Waals surface area contributed by atoms with Crippen LogP contribution in [0.3, 0.4) is 0 Å². The van der Waals surface area contributed by atoms with Crippen molar-refractivity contribution in [1.29, 1.82) is 0 Å². The van der Waals surface area contributed by atoms with Gasteiger partial charge in [-0.2, -0.15) is 0 Å². The minimum absolute atomic E-state index is 0.0947. The molecule has 1 amide bonds. The van der Waals surface area contributed by atoms with Gasteiger partial charge in [0.2, 0.25) is 5.91 Å². The Bertz CT molecular complexity index is 851. The van der Waals surface area contributed by atoms with Crippen LogP contribution in [0.2, 0.25) is 0 Å². The molecule has 31 heavy (non-hydrogen) atoms. The molecular formula is C25H29NO5. The molecular weight excluding hydrogens is 394 g/mol. The first-order chi connectivity index (χ1) is 15.0. The standard InChI is InChI=1S/C25H29NO5/c1-3-4-15-21(16-19-11-7-5-8-12-19)24(28)26-22(25(29)30-2)17-23(27)31-18-20-13-9-6-10-14-20/h3,5-14,21-22H,1,4,15-18H2,2H3,(H,26,28)/t21?,22-/m0/s1. The molecule has 1 N–H and O–H groups in total. The van der Waals surface area contributed by atoms with E-state index in [1.807, 2.05) is 60.7 Å². The number of carbonyl (C=O) groups excluding carboxylic acids is 3. The lowest BCUT2D eigenvalue weighted by Gasteiger charge is -2.21. The molecule has 2 atom stereocenters. The van der Waals surface area contributed by atoms with Gasteiger partial charge in [-0.25, -0.2) is 4.79 Å². The number of nitrogens with one attached hydrogen (secondary N) is 1. The average Bonchev–Trinajstić information content (AvgIpc) is 2.80. The predicted octanol–water partition coefficient (Wildman–Crippen LogP) is 3.60. The smallest absolute Gasteiger partial charge is 0.328 e. The Hall–Kier alpha value is -3.41. The van der Waals surface area contributed by atoms with Crippen LogP contribution in [0.15, 0.2) is 73.3 Å². The molecule has 0 saturated carbocycles. The molecule has 6 heteroatoms. The zero-order valence-corrected chi connectivity index (χ0v) is 17.8. The monoisotopic (exact) mass is 423 g/mol. The van der Waals surface area contributed by atoms with Gasteiger partial charge in [-0.05, 0) is 30.4 Å². The molecule has 0 saturated heterocycles. The number of hydrogen-bond acceptors (Lipinski definition) is 5. The summed E-state index contributed by atoms with van der Waals surface area (Å²) in [5.41, 5.74) is 1.85. The predicted molar refractivity (Wildman–Crippen MR) is 118 cm³/mol. The van der Waals surface area contributed by atoms with Gasteiger partial charge < -0.3 is 14.8 Å². The Morgan fingerprint density at radius 2 is 1.61 bits per heavy atom. The SMILES string of the molecule is C=CCCC(Cc1ccccc1)C(=O)N[C@@H](CC(=O)OCc1ccccc1)C(=O)OC. The van der Waals surface area contributed by atoms with Crippen LogP contribution in [0.1, 0.15) is 30.4 Å². The highest BCUT2D eigenvalue weighted by atomic mass is 16.5. The quantitative estimate of drug-likeness (QED) is 0.417. The number of ether oxygens (including phenoxy) is 2. The molecule has 2 rings (SSSR count). The summed E-state index contributed by atoms with van der Waals surface area (Å²) >= 11 is 0. The maximum atomic E-state index is 12.9. The van der Waals surface area contributed by atoms with Crippen molar-refractivity contribution in [3.63, 3.8) is 0 Å². The van der Waals surface area contributed by atoms with Gasteiger partial charge in [0.1, 0.15) is 12.6 Å². The van der Waals surface area contributed by atoms with Gasteiger partial charge in [-0.1, -0.05) is 66.7 Å². The first kappa shape index (κ1) is 23.9. The molecule has 0 aliphatic rings. The maximum Gasteiger partial charge on any atom is 0.328 e. The summed E-state index contributed by atoms with van der Waals surface area (Å²) in [6, 6.07) is 17.8. The second kappa shape index (κ2) is 13.0. The van der Waals surface area contributed by atoms with Gasteiger partial charge in [-0.15, -0.1) is 6.58 Å². The molecule has 0 aromatic heterocycles. The second-order valence-electron chi connectivity index (χ2n) is 7.19. The highest BCUT2D eigenvalue weighted by Crippen LogP contribution is 2.16. The zero-order valence-electron chi connectivity index (χ0n) is 17.8. The van der Waals surface area contributed by atoms with Crippen LogP contribution in [-0.4, -0.2) is 31.0 Å². The van der Waals surface area contributed by atoms with Gasteiger partial charge in [0.05, 0.1) is 13.5 Å². The number of rotatable bonds is 12. The van der Waals surface area contributed by atoms with E-state index < -0.39 is 18.0 Å². The Balaban J connectivity index is 2.00. The number of amides is 1. The van der Waals surface area contributed by atoms with E-state index in [9.17, 15) is 14.4 Å². The van der Waals surface area contributed by atoms with Gasteiger partial charge in [0.15, 0.2) is 0 Å². The molecule has 2 aromatic carbocycles. The number of methoxy groups -OCH3 is 1. The van der Waals surface area contributed by atoms with E-state index in [2.05, 4.69) is 11.9 Å². The van der Waals surface area contributed by atoms with E-state index >= 15 is 0 Å². The molecule has 1 unspecified atom stereocenters. The fraction of sp³-hybridized carbons (Fsp3) is 0.320. The Morgan fingerprint density at radius 3 is 2.19 bits per heavy atom. The molecule has 164 valence electrons. The summed E-state index contributed by atoms with van der Waals surface area (Å²) in [6.45, 7) is 3.81. The van der Waals surface area contributed by atoms with Crippen LogP contribution >= 0.6 is 0 Å². The number of hydrogen-bond donors (Lipinski definition) is 1. The van der Waals surface area contributed by atoms with Crippen molar-refractivity contribution in [3.8, 4) is 0 Å². The lowest BCUT2D eigenvalue weighted by molar-refractivity contribution is -0.153. The molecule has 6 nitrogen and oxygen atoms in total. The summed E-state index contributed by atoms with van der Waals surface area (Å²) < 4.78 is 10.0. The minimum atomic E-state index is -1.11. The fourth-order valence-corrected chi connectivity index (χ4v) is 3.13. The van der Waals surface area contributed by atoms with Crippen LogP contribution in [0.25, 0.3) is 0 Å². The van der Waals surface area contributed by atoms with Crippen LogP contribution in [0.4, 0.5) is 0 Å². The van der Waals surface area contributed by atoms with Crippen LogP contribution in [-0.2, 0) is 36.9 Å². The van der Waals surface area contributed by atoms with Gasteiger partial charge in [0.25, 0.3) is 0 Å². The highest BCUT2D eigenvalue weighted by Gasteiger charge is 2.28. The van der Waals surface area contributed by atoms with Crippen molar-refractivity contribution in [1.82, 2.24) is 5.32 Å². The van der Waals surface area contributed by atoms with Crippen molar-refractivity contribution >= 4 is 17.8 Å². The first-order valence-corrected chi connectivity index (χ1v) is 10.3. The molecule has 2 aromatic rings. The molecule has 0 aliphatic heterocycles. The zero-order chi connectivity index (χ0) is 22.5. The van der Waals surface area contributed by atoms with Gasteiger partial charge in [0, 0.05) is 5.92 Å². The molecule has 0 spiro atoms. The van der Waals surface area contributed by atoms with E-state index in [0.29, 0.717) is 19.3 Å². The van der Waals surface area contributed by atoms with Crippen LogP contribution in [0, 0.1) is 5.92 Å². The second-order valence-corrected chi connectivity index (χ2v) is 7.19. The normalized spacial score (nSPS) is 12.3. The van der Waals surface area contributed by atoms with Crippen molar-refractivity contribution in [3.05, 3.63) is 84.4 Å². The molecule has 0 aliphatic carbocycles. The van der Waals surface area contributed by atoms with Crippen LogP contribution < -0.4 is 5.32 Å². The molecule has 0 radical (unpaired) electrons. The molecule has 0 heterocycles. The third-order valence-electron chi connectivity index (χ3n) is 4.83. The van der Waals surface area contributed by atoms with Crippen molar-refractivity contribution in [2.45, 2.75) is 38.3 Å². The number of esters is 2. The van der Waals surface area contributed by atoms with E-state index in [-0.39, 0.29) is 24.9 Å². The summed E-state index contributed by atoms with van der Waals surface area (Å²) in [4.78, 5) is 37.4. The van der Waals surface area contributed by atoms with Crippen molar-refractivity contribution in [2.24, 2.45) is 5.92 Å². The van der Waals surface area contributed by atoms with Crippen molar-refractivity contribution in [2.75, 3.05) is 7.11 Å². The number of benzene rings is 2. The number of carbonyl (C=O) groups is 3. The molecule has 0 bridgehead atoms. The molecule has 0 fully saturated rings. The maximum absolute atomic E-state index is 12.9. The topological polar surface area (TPSA) is 81.7 Å². The Labute approximate surface area is 183 Å². The lowest BCUT2D eigenvalue weighted by Crippen LogP contribution is -2.46. The first-order valence-electron chi connectivity index (χ1n) is 10.3. The summed E-state index contributed by atoms with van der Waals surface area (Å²) in [5, 5.41) is 2.68. The summed E-state index contributed by atoms with van der Waals surface area (Å²) in [5.74, 6) is -1.96. The van der Waals surface area contributed by atoms with E-state index in [1.54, 1.807) is 6.08 Å². The Morgan fingerprint density at radius 1 is 1.00 bits per heavy atom. The Kier molecular flexibility index (Phi) is 10.0. The van der Waals surface area contributed by atoms with E-state index in [0.717, 1.165) is 11.1 Å². The third kappa shape index (κ3) is 8.46. The highest BCUT2D eigenvalue weighted by molar-refractivity contribution is 5.89. The van der Waals surface area contributed by atoms with E-state index in [1.165, 1.54) is 7.11 Å².